The number of anilines is 1. The Morgan fingerprint density at radius 1 is 1.22 bits per heavy atom. The van der Waals surface area contributed by atoms with Gasteiger partial charge in [0.05, 0.1) is 0 Å². The van der Waals surface area contributed by atoms with Crippen LogP contribution in [0, 0.1) is 5.82 Å². The number of hydrogen-bond acceptors (Lipinski definition) is 2. The molecule has 0 atom stereocenters. The number of benzene rings is 2. The zero-order chi connectivity index (χ0) is 13.1. The van der Waals surface area contributed by atoms with Gasteiger partial charge in [-0.3, -0.25) is 4.79 Å². The van der Waals surface area contributed by atoms with Crippen LogP contribution in [0.2, 0.25) is 0 Å². The molecule has 0 radical (unpaired) electrons. The van der Waals surface area contributed by atoms with Crippen LogP contribution in [0.4, 0.5) is 10.1 Å². The average Bonchev–Trinajstić information content (AvgIpc) is 2.35. The molecule has 4 heteroatoms. The zero-order valence-corrected chi connectivity index (χ0v) is 11.1. The van der Waals surface area contributed by atoms with E-state index in [0.717, 1.165) is 10.0 Å². The van der Waals surface area contributed by atoms with Crippen molar-refractivity contribution in [2.45, 2.75) is 6.42 Å². The van der Waals surface area contributed by atoms with Gasteiger partial charge in [0.2, 0.25) is 0 Å². The third-order valence-corrected chi connectivity index (χ3v) is 3.40. The molecular weight excluding hydrogens is 297 g/mol. The molecule has 0 spiro atoms. The third-order valence-electron chi connectivity index (χ3n) is 2.62. The van der Waals surface area contributed by atoms with Crippen molar-refractivity contribution in [1.82, 2.24) is 0 Å². The molecule has 0 saturated heterocycles. The van der Waals surface area contributed by atoms with E-state index in [2.05, 4.69) is 15.9 Å². The lowest BCUT2D eigenvalue weighted by Gasteiger charge is -2.06. The lowest BCUT2D eigenvalue weighted by atomic mass is 10.0. The number of rotatable bonds is 3. The van der Waals surface area contributed by atoms with Crippen LogP contribution in [-0.4, -0.2) is 5.78 Å². The second-order valence-corrected chi connectivity index (χ2v) is 4.78. The lowest BCUT2D eigenvalue weighted by molar-refractivity contribution is 0.0993. The van der Waals surface area contributed by atoms with Crippen LogP contribution >= 0.6 is 15.9 Å². The highest BCUT2D eigenvalue weighted by Gasteiger charge is 2.13. The van der Waals surface area contributed by atoms with Crippen LogP contribution in [-0.2, 0) is 6.42 Å². The number of carbonyl (C=O) groups is 1. The molecule has 2 nitrogen and oxygen atoms in total. The van der Waals surface area contributed by atoms with Crippen molar-refractivity contribution in [2.75, 3.05) is 5.73 Å². The summed E-state index contributed by atoms with van der Waals surface area (Å²) in [6, 6.07) is 11.2. The molecule has 2 rings (SSSR count). The van der Waals surface area contributed by atoms with E-state index in [1.165, 1.54) is 18.2 Å². The second-order valence-electron chi connectivity index (χ2n) is 3.92. The van der Waals surface area contributed by atoms with E-state index in [0.29, 0.717) is 5.69 Å². The van der Waals surface area contributed by atoms with E-state index in [1.54, 1.807) is 0 Å². The first-order valence-corrected chi connectivity index (χ1v) is 6.19. The molecule has 2 N–H and O–H groups in total. The van der Waals surface area contributed by atoms with E-state index < -0.39 is 5.82 Å². The number of halogens is 2. The lowest BCUT2D eigenvalue weighted by Crippen LogP contribution is -2.08. The first-order valence-electron chi connectivity index (χ1n) is 5.39. The van der Waals surface area contributed by atoms with Crippen LogP contribution in [0.5, 0.6) is 0 Å². The zero-order valence-electron chi connectivity index (χ0n) is 9.49. The highest BCUT2D eigenvalue weighted by Crippen LogP contribution is 2.20. The molecular formula is C14H11BrFNO. The molecule has 0 bridgehead atoms. The Morgan fingerprint density at radius 3 is 2.67 bits per heavy atom. The smallest absolute Gasteiger partial charge is 0.169 e. The van der Waals surface area contributed by atoms with Crippen LogP contribution in [0.15, 0.2) is 46.9 Å². The Hall–Kier alpha value is -1.68. The van der Waals surface area contributed by atoms with Crippen LogP contribution < -0.4 is 5.73 Å². The minimum atomic E-state index is -0.459. The van der Waals surface area contributed by atoms with E-state index in [1.807, 2.05) is 24.3 Å². The highest BCUT2D eigenvalue weighted by atomic mass is 79.9. The summed E-state index contributed by atoms with van der Waals surface area (Å²) < 4.78 is 14.0. The normalized spacial score (nSPS) is 10.3. The summed E-state index contributed by atoms with van der Waals surface area (Å²) in [5.74, 6) is -0.654. The number of Topliss-reactive ketones (excluding diaryl/α,β-unsaturated/α-hetero) is 1. The molecule has 0 fully saturated rings. The minimum Gasteiger partial charge on any atom is -0.398 e. The van der Waals surface area contributed by atoms with Gasteiger partial charge in [-0.1, -0.05) is 34.1 Å². The molecule has 0 amide bonds. The van der Waals surface area contributed by atoms with Crippen molar-refractivity contribution >= 4 is 27.4 Å². The molecule has 0 aliphatic rings. The molecule has 0 saturated carbocycles. The molecule has 0 aromatic heterocycles. The van der Waals surface area contributed by atoms with Crippen LogP contribution in [0.1, 0.15) is 15.9 Å². The number of hydrogen-bond donors (Lipinski definition) is 1. The third kappa shape index (κ3) is 2.76. The minimum absolute atomic E-state index is 0.190. The molecule has 2 aromatic rings. The predicted molar refractivity (Wildman–Crippen MR) is 73.0 cm³/mol. The van der Waals surface area contributed by atoms with Crippen molar-refractivity contribution in [3.63, 3.8) is 0 Å². The second kappa shape index (κ2) is 5.31. The fourth-order valence-corrected chi connectivity index (χ4v) is 2.10. The summed E-state index contributed by atoms with van der Waals surface area (Å²) in [7, 11) is 0. The first kappa shape index (κ1) is 12.8. The van der Waals surface area contributed by atoms with Crippen molar-refractivity contribution < 1.29 is 9.18 Å². The summed E-state index contributed by atoms with van der Waals surface area (Å²) in [6.45, 7) is 0. The fraction of sp³-hybridized carbons (Fsp3) is 0.0714. The number of nitrogens with two attached hydrogens (primary N) is 1. The SMILES string of the molecule is Nc1ccc(F)cc1C(=O)Cc1ccccc1Br. The van der Waals surface area contributed by atoms with E-state index in [4.69, 9.17) is 5.73 Å². The number of carbonyl (C=O) groups excluding carboxylic acids is 1. The molecule has 0 aliphatic carbocycles. The summed E-state index contributed by atoms with van der Waals surface area (Å²) in [4.78, 5) is 12.1. The van der Waals surface area contributed by atoms with Gasteiger partial charge in [-0.25, -0.2) is 4.39 Å². The van der Waals surface area contributed by atoms with Gasteiger partial charge in [-0.05, 0) is 29.8 Å². The van der Waals surface area contributed by atoms with Crippen molar-refractivity contribution in [3.05, 3.63) is 63.9 Å². The van der Waals surface area contributed by atoms with Crippen molar-refractivity contribution in [1.29, 1.82) is 0 Å². The maximum absolute atomic E-state index is 13.1. The molecule has 2 aromatic carbocycles. The van der Waals surface area contributed by atoms with Crippen LogP contribution in [0.25, 0.3) is 0 Å². The van der Waals surface area contributed by atoms with Crippen molar-refractivity contribution in [2.24, 2.45) is 0 Å². The highest BCUT2D eigenvalue weighted by molar-refractivity contribution is 9.10. The van der Waals surface area contributed by atoms with Gasteiger partial charge in [-0.2, -0.15) is 0 Å². The standard InChI is InChI=1S/C14H11BrFNO/c15-12-4-2-1-3-9(12)7-14(18)11-8-10(16)5-6-13(11)17/h1-6,8H,7,17H2. The summed E-state index contributed by atoms with van der Waals surface area (Å²) >= 11 is 3.37. The van der Waals surface area contributed by atoms with Gasteiger partial charge in [-0.15, -0.1) is 0 Å². The average molecular weight is 308 g/mol. The van der Waals surface area contributed by atoms with E-state index in [9.17, 15) is 9.18 Å². The predicted octanol–water partition coefficient (Wildman–Crippen LogP) is 3.60. The topological polar surface area (TPSA) is 43.1 Å². The maximum atomic E-state index is 13.1. The molecule has 92 valence electrons. The van der Waals surface area contributed by atoms with Gasteiger partial charge in [0.1, 0.15) is 5.82 Å². The Kier molecular flexibility index (Phi) is 3.77. The monoisotopic (exact) mass is 307 g/mol. The van der Waals surface area contributed by atoms with E-state index in [-0.39, 0.29) is 17.8 Å². The fourth-order valence-electron chi connectivity index (χ4n) is 1.68. The summed E-state index contributed by atoms with van der Waals surface area (Å²) in [5, 5.41) is 0. The Labute approximate surface area is 113 Å². The number of nitrogen functional groups attached to an aromatic ring is 1. The molecule has 0 heterocycles. The van der Waals surface area contributed by atoms with E-state index >= 15 is 0 Å². The summed E-state index contributed by atoms with van der Waals surface area (Å²) in [5.41, 5.74) is 7.06. The summed E-state index contributed by atoms with van der Waals surface area (Å²) in [6.07, 6.45) is 0.190. The van der Waals surface area contributed by atoms with Gasteiger partial charge < -0.3 is 5.73 Å². The van der Waals surface area contributed by atoms with Gasteiger partial charge in [0.15, 0.2) is 5.78 Å². The van der Waals surface area contributed by atoms with Gasteiger partial charge in [0, 0.05) is 22.1 Å². The molecule has 0 unspecified atom stereocenters. The quantitative estimate of drug-likeness (QED) is 0.695. The van der Waals surface area contributed by atoms with Gasteiger partial charge >= 0.3 is 0 Å². The molecule has 0 aliphatic heterocycles. The van der Waals surface area contributed by atoms with Gasteiger partial charge in [0.25, 0.3) is 0 Å². The van der Waals surface area contributed by atoms with Crippen LogP contribution in [0.3, 0.4) is 0 Å². The first-order chi connectivity index (χ1) is 8.58. The number of ketones is 1. The van der Waals surface area contributed by atoms with Crippen molar-refractivity contribution in [3.8, 4) is 0 Å². The Morgan fingerprint density at radius 2 is 1.94 bits per heavy atom. The Bertz CT molecular complexity index is 598. The largest absolute Gasteiger partial charge is 0.398 e. The maximum Gasteiger partial charge on any atom is 0.169 e. The molecule has 18 heavy (non-hydrogen) atoms. The Balaban J connectivity index is 2.28.